The first-order valence-corrected chi connectivity index (χ1v) is 8.94. The first-order valence-electron chi connectivity index (χ1n) is 7.46. The van der Waals surface area contributed by atoms with Crippen molar-refractivity contribution in [3.8, 4) is 11.3 Å². The fraction of sp³-hybridized carbons (Fsp3) is 0.111. The summed E-state index contributed by atoms with van der Waals surface area (Å²) in [6.45, 7) is 2.08. The van der Waals surface area contributed by atoms with Crippen molar-refractivity contribution in [3.05, 3.63) is 78.2 Å². The van der Waals surface area contributed by atoms with Gasteiger partial charge in [0.2, 0.25) is 10.0 Å². The van der Waals surface area contributed by atoms with E-state index in [1.54, 1.807) is 24.4 Å². The van der Waals surface area contributed by atoms with E-state index < -0.39 is 10.0 Å². The number of nitrogens with one attached hydrogen (secondary N) is 1. The SMILES string of the molecule is Cc1cccc(S(=O)(=O)NCc2cccc(-c3ccncn3)c2)c1. The summed E-state index contributed by atoms with van der Waals surface area (Å²) in [5.41, 5.74) is 3.49. The largest absolute Gasteiger partial charge is 0.245 e. The minimum absolute atomic E-state index is 0.217. The minimum Gasteiger partial charge on any atom is -0.245 e. The van der Waals surface area contributed by atoms with Crippen LogP contribution >= 0.6 is 0 Å². The molecular formula is C18H17N3O2S. The Balaban J connectivity index is 1.78. The highest BCUT2D eigenvalue weighted by Gasteiger charge is 2.13. The molecule has 1 aromatic heterocycles. The smallest absolute Gasteiger partial charge is 0.240 e. The van der Waals surface area contributed by atoms with Crippen LogP contribution in [0.25, 0.3) is 11.3 Å². The molecule has 6 heteroatoms. The molecule has 0 bridgehead atoms. The number of benzene rings is 2. The van der Waals surface area contributed by atoms with Crippen LogP contribution in [0.2, 0.25) is 0 Å². The van der Waals surface area contributed by atoms with Gasteiger partial charge in [-0.05, 0) is 42.3 Å². The summed E-state index contributed by atoms with van der Waals surface area (Å²) >= 11 is 0. The fourth-order valence-corrected chi connectivity index (χ4v) is 3.47. The van der Waals surface area contributed by atoms with Gasteiger partial charge < -0.3 is 0 Å². The topological polar surface area (TPSA) is 72.0 Å². The zero-order valence-electron chi connectivity index (χ0n) is 13.2. The quantitative estimate of drug-likeness (QED) is 0.776. The molecule has 0 radical (unpaired) electrons. The van der Waals surface area contributed by atoms with E-state index in [0.29, 0.717) is 0 Å². The summed E-state index contributed by atoms with van der Waals surface area (Å²) < 4.78 is 27.4. The van der Waals surface area contributed by atoms with Crippen LogP contribution in [0.1, 0.15) is 11.1 Å². The molecule has 3 aromatic rings. The van der Waals surface area contributed by atoms with Gasteiger partial charge in [0.1, 0.15) is 6.33 Å². The predicted octanol–water partition coefficient (Wildman–Crippen LogP) is 2.93. The second-order valence-electron chi connectivity index (χ2n) is 5.44. The predicted molar refractivity (Wildman–Crippen MR) is 92.7 cm³/mol. The fourth-order valence-electron chi connectivity index (χ4n) is 2.35. The summed E-state index contributed by atoms with van der Waals surface area (Å²) in [7, 11) is -3.53. The Morgan fingerprint density at radius 1 is 1.04 bits per heavy atom. The number of hydrogen-bond donors (Lipinski definition) is 1. The molecule has 1 N–H and O–H groups in total. The van der Waals surface area contributed by atoms with Crippen molar-refractivity contribution in [1.82, 2.24) is 14.7 Å². The monoisotopic (exact) mass is 339 g/mol. The van der Waals surface area contributed by atoms with Crippen molar-refractivity contribution in [2.24, 2.45) is 0 Å². The second kappa shape index (κ2) is 6.90. The van der Waals surface area contributed by atoms with Crippen LogP contribution < -0.4 is 4.72 Å². The highest BCUT2D eigenvalue weighted by atomic mass is 32.2. The lowest BCUT2D eigenvalue weighted by molar-refractivity contribution is 0.581. The molecule has 0 amide bonds. The van der Waals surface area contributed by atoms with Crippen LogP contribution in [0.15, 0.2) is 72.0 Å². The van der Waals surface area contributed by atoms with Gasteiger partial charge >= 0.3 is 0 Å². The third-order valence-electron chi connectivity index (χ3n) is 3.57. The number of nitrogens with zero attached hydrogens (tertiary/aromatic N) is 2. The van der Waals surface area contributed by atoms with Gasteiger partial charge in [-0.3, -0.25) is 0 Å². The Morgan fingerprint density at radius 2 is 1.88 bits per heavy atom. The van der Waals surface area contributed by atoms with Crippen molar-refractivity contribution < 1.29 is 8.42 Å². The Kier molecular flexibility index (Phi) is 4.69. The first kappa shape index (κ1) is 16.3. The van der Waals surface area contributed by atoms with Crippen LogP contribution in [-0.2, 0) is 16.6 Å². The third-order valence-corrected chi connectivity index (χ3v) is 4.97. The Morgan fingerprint density at radius 3 is 2.62 bits per heavy atom. The first-order chi connectivity index (χ1) is 11.5. The van der Waals surface area contributed by atoms with E-state index in [2.05, 4.69) is 14.7 Å². The Labute approximate surface area is 141 Å². The van der Waals surface area contributed by atoms with Crippen molar-refractivity contribution >= 4 is 10.0 Å². The molecule has 0 aliphatic heterocycles. The number of aromatic nitrogens is 2. The lowest BCUT2D eigenvalue weighted by atomic mass is 10.1. The average molecular weight is 339 g/mol. The maximum atomic E-state index is 12.4. The Hall–Kier alpha value is -2.57. The highest BCUT2D eigenvalue weighted by molar-refractivity contribution is 7.89. The molecule has 0 unspecified atom stereocenters. The third kappa shape index (κ3) is 3.84. The van der Waals surface area contributed by atoms with Crippen molar-refractivity contribution in [2.75, 3.05) is 0 Å². The minimum atomic E-state index is -3.53. The summed E-state index contributed by atoms with van der Waals surface area (Å²) in [5, 5.41) is 0. The van der Waals surface area contributed by atoms with E-state index in [-0.39, 0.29) is 11.4 Å². The summed E-state index contributed by atoms with van der Waals surface area (Å²) in [4.78, 5) is 8.38. The van der Waals surface area contributed by atoms with Gasteiger partial charge in [-0.15, -0.1) is 0 Å². The van der Waals surface area contributed by atoms with Crippen LogP contribution in [0.4, 0.5) is 0 Å². The van der Waals surface area contributed by atoms with Gasteiger partial charge in [0, 0.05) is 18.3 Å². The summed E-state index contributed by atoms with van der Waals surface area (Å²) in [6.07, 6.45) is 3.16. The molecule has 0 atom stereocenters. The number of hydrogen-bond acceptors (Lipinski definition) is 4. The maximum absolute atomic E-state index is 12.4. The average Bonchev–Trinajstić information content (AvgIpc) is 2.61. The van der Waals surface area contributed by atoms with Gasteiger partial charge in [0.25, 0.3) is 0 Å². The zero-order valence-corrected chi connectivity index (χ0v) is 14.0. The van der Waals surface area contributed by atoms with Gasteiger partial charge in [0.05, 0.1) is 10.6 Å². The lowest BCUT2D eigenvalue weighted by Gasteiger charge is -2.09. The molecule has 24 heavy (non-hydrogen) atoms. The number of aryl methyl sites for hydroxylation is 1. The van der Waals surface area contributed by atoms with Crippen LogP contribution in [0.5, 0.6) is 0 Å². The van der Waals surface area contributed by atoms with Crippen LogP contribution in [-0.4, -0.2) is 18.4 Å². The molecular weight excluding hydrogens is 322 g/mol. The highest BCUT2D eigenvalue weighted by Crippen LogP contribution is 2.18. The molecule has 2 aromatic carbocycles. The van der Waals surface area contributed by atoms with Gasteiger partial charge in [-0.25, -0.2) is 23.1 Å². The molecule has 3 rings (SSSR count). The second-order valence-corrected chi connectivity index (χ2v) is 7.20. The normalized spacial score (nSPS) is 11.4. The summed E-state index contributed by atoms with van der Waals surface area (Å²) in [6, 6.07) is 16.3. The number of rotatable bonds is 5. The van der Waals surface area contributed by atoms with Crippen molar-refractivity contribution in [1.29, 1.82) is 0 Å². The molecule has 0 fully saturated rings. The van der Waals surface area contributed by atoms with E-state index in [0.717, 1.165) is 22.4 Å². The van der Waals surface area contributed by atoms with Crippen molar-refractivity contribution in [3.63, 3.8) is 0 Å². The lowest BCUT2D eigenvalue weighted by Crippen LogP contribution is -2.23. The maximum Gasteiger partial charge on any atom is 0.240 e. The molecule has 0 saturated carbocycles. The van der Waals surface area contributed by atoms with Crippen LogP contribution in [0, 0.1) is 6.92 Å². The number of sulfonamides is 1. The van der Waals surface area contributed by atoms with E-state index >= 15 is 0 Å². The van der Waals surface area contributed by atoms with Gasteiger partial charge in [0.15, 0.2) is 0 Å². The standard InChI is InChI=1S/C18H17N3O2S/c1-14-4-2-7-17(10-14)24(22,23)21-12-15-5-3-6-16(11-15)18-8-9-19-13-20-18/h2-11,13,21H,12H2,1H3. The molecule has 0 saturated heterocycles. The van der Waals surface area contributed by atoms with E-state index in [9.17, 15) is 8.42 Å². The molecule has 5 nitrogen and oxygen atoms in total. The Bertz CT molecular complexity index is 941. The van der Waals surface area contributed by atoms with E-state index in [1.165, 1.54) is 6.33 Å². The molecule has 0 aliphatic carbocycles. The zero-order chi connectivity index (χ0) is 17.0. The van der Waals surface area contributed by atoms with Gasteiger partial charge in [-0.2, -0.15) is 0 Å². The molecule has 122 valence electrons. The van der Waals surface area contributed by atoms with Gasteiger partial charge in [-0.1, -0.05) is 30.3 Å². The van der Waals surface area contributed by atoms with Crippen molar-refractivity contribution in [2.45, 2.75) is 18.4 Å². The molecule has 0 aliphatic rings. The van der Waals surface area contributed by atoms with E-state index in [4.69, 9.17) is 0 Å². The summed E-state index contributed by atoms with van der Waals surface area (Å²) in [5.74, 6) is 0. The molecule has 1 heterocycles. The molecule has 0 spiro atoms. The van der Waals surface area contributed by atoms with E-state index in [1.807, 2.05) is 43.3 Å². The van der Waals surface area contributed by atoms with Crippen LogP contribution in [0.3, 0.4) is 0 Å².